The van der Waals surface area contributed by atoms with Crippen LogP contribution in [0.15, 0.2) is 42.5 Å². The Kier molecular flexibility index (Phi) is 4.81. The van der Waals surface area contributed by atoms with Crippen LogP contribution in [0, 0.1) is 10.1 Å². The molecule has 1 atom stereocenters. The van der Waals surface area contributed by atoms with Gasteiger partial charge in [-0.05, 0) is 49.1 Å². The molecule has 0 saturated carbocycles. The van der Waals surface area contributed by atoms with Crippen LogP contribution in [-0.4, -0.2) is 23.0 Å². The number of ether oxygens (including phenoxy) is 1. The average Bonchev–Trinajstić information content (AvgIpc) is 2.61. The molecule has 0 bridgehead atoms. The molecule has 24 heavy (non-hydrogen) atoms. The van der Waals surface area contributed by atoms with Crippen molar-refractivity contribution in [2.24, 2.45) is 0 Å². The number of nitro benzene ring substituents is 1. The van der Waals surface area contributed by atoms with E-state index in [1.807, 2.05) is 19.1 Å². The van der Waals surface area contributed by atoms with E-state index < -0.39 is 0 Å². The lowest BCUT2D eigenvalue weighted by Gasteiger charge is -2.34. The second-order valence-corrected chi connectivity index (χ2v) is 6.11. The number of hydrogen-bond donors (Lipinski definition) is 0. The van der Waals surface area contributed by atoms with Gasteiger partial charge in [0.05, 0.1) is 11.5 Å². The quantitative estimate of drug-likeness (QED) is 0.613. The Hall–Kier alpha value is -2.40. The SMILES string of the molecule is CCOc1ccc2c(c1)CN(C(C)c1cccc([N+](=O)[O-])c1)CC2. The predicted octanol–water partition coefficient (Wildman–Crippen LogP) is 4.11. The Labute approximate surface area is 142 Å². The minimum absolute atomic E-state index is 0.133. The molecule has 5 nitrogen and oxygen atoms in total. The van der Waals surface area contributed by atoms with E-state index in [-0.39, 0.29) is 16.7 Å². The maximum absolute atomic E-state index is 11.0. The molecule has 0 aromatic heterocycles. The van der Waals surface area contributed by atoms with Gasteiger partial charge in [-0.3, -0.25) is 15.0 Å². The van der Waals surface area contributed by atoms with Gasteiger partial charge < -0.3 is 4.74 Å². The third-order valence-corrected chi connectivity index (χ3v) is 4.64. The van der Waals surface area contributed by atoms with Crippen LogP contribution in [0.3, 0.4) is 0 Å². The largest absolute Gasteiger partial charge is 0.494 e. The number of non-ortho nitro benzene ring substituents is 1. The maximum Gasteiger partial charge on any atom is 0.269 e. The lowest BCUT2D eigenvalue weighted by molar-refractivity contribution is -0.385. The van der Waals surface area contributed by atoms with Crippen molar-refractivity contribution >= 4 is 5.69 Å². The highest BCUT2D eigenvalue weighted by Crippen LogP contribution is 2.30. The minimum atomic E-state index is -0.337. The van der Waals surface area contributed by atoms with E-state index in [2.05, 4.69) is 24.0 Å². The van der Waals surface area contributed by atoms with Crippen LogP contribution >= 0.6 is 0 Å². The van der Waals surface area contributed by atoms with Crippen LogP contribution in [0.1, 0.15) is 36.6 Å². The van der Waals surface area contributed by atoms with Crippen molar-refractivity contribution in [3.05, 3.63) is 69.3 Å². The first-order valence-corrected chi connectivity index (χ1v) is 8.31. The monoisotopic (exact) mass is 326 g/mol. The van der Waals surface area contributed by atoms with Gasteiger partial charge in [0.25, 0.3) is 5.69 Å². The molecule has 1 unspecified atom stereocenters. The lowest BCUT2D eigenvalue weighted by Crippen LogP contribution is -2.32. The molecule has 2 aromatic carbocycles. The molecule has 1 aliphatic rings. The molecule has 3 rings (SSSR count). The zero-order valence-corrected chi connectivity index (χ0v) is 14.1. The Bertz CT molecular complexity index is 745. The molecule has 0 N–H and O–H groups in total. The zero-order chi connectivity index (χ0) is 17.1. The van der Waals surface area contributed by atoms with Crippen molar-refractivity contribution in [3.8, 4) is 5.75 Å². The molecular weight excluding hydrogens is 304 g/mol. The number of rotatable bonds is 5. The number of fused-ring (bicyclic) bond motifs is 1. The van der Waals surface area contributed by atoms with Crippen LogP contribution < -0.4 is 4.74 Å². The fourth-order valence-corrected chi connectivity index (χ4v) is 3.25. The summed E-state index contributed by atoms with van der Waals surface area (Å²) in [5.74, 6) is 0.904. The fourth-order valence-electron chi connectivity index (χ4n) is 3.25. The standard InChI is InChI=1S/C19H22N2O3/c1-3-24-19-8-7-15-9-10-20(13-17(15)12-19)14(2)16-5-4-6-18(11-16)21(22)23/h4-8,11-12,14H,3,9-10,13H2,1-2H3. The van der Waals surface area contributed by atoms with Crippen molar-refractivity contribution in [2.75, 3.05) is 13.2 Å². The van der Waals surface area contributed by atoms with Crippen LogP contribution in [0.5, 0.6) is 5.75 Å². The number of hydrogen-bond acceptors (Lipinski definition) is 4. The topological polar surface area (TPSA) is 55.6 Å². The molecule has 0 radical (unpaired) electrons. The van der Waals surface area contributed by atoms with Gasteiger partial charge in [-0.1, -0.05) is 18.2 Å². The van der Waals surface area contributed by atoms with Crippen molar-refractivity contribution in [1.29, 1.82) is 0 Å². The maximum atomic E-state index is 11.0. The Balaban J connectivity index is 1.80. The molecular formula is C19H22N2O3. The Morgan fingerprint density at radius 1 is 1.25 bits per heavy atom. The van der Waals surface area contributed by atoms with E-state index in [1.54, 1.807) is 12.1 Å². The highest BCUT2D eigenvalue weighted by atomic mass is 16.6. The second-order valence-electron chi connectivity index (χ2n) is 6.11. The molecule has 2 aromatic rings. The zero-order valence-electron chi connectivity index (χ0n) is 14.1. The van der Waals surface area contributed by atoms with Crippen LogP contribution in [0.2, 0.25) is 0 Å². The van der Waals surface area contributed by atoms with Crippen LogP contribution in [0.25, 0.3) is 0 Å². The second kappa shape index (κ2) is 7.01. The van der Waals surface area contributed by atoms with Crippen molar-refractivity contribution in [3.63, 3.8) is 0 Å². The van der Waals surface area contributed by atoms with Crippen molar-refractivity contribution in [1.82, 2.24) is 4.90 Å². The molecule has 5 heteroatoms. The summed E-state index contributed by atoms with van der Waals surface area (Å²) in [5.41, 5.74) is 3.77. The Morgan fingerprint density at radius 3 is 2.83 bits per heavy atom. The molecule has 1 heterocycles. The average molecular weight is 326 g/mol. The molecule has 1 aliphatic heterocycles. The van der Waals surface area contributed by atoms with E-state index in [1.165, 1.54) is 17.2 Å². The van der Waals surface area contributed by atoms with Gasteiger partial charge in [0.1, 0.15) is 5.75 Å². The van der Waals surface area contributed by atoms with Gasteiger partial charge >= 0.3 is 0 Å². The van der Waals surface area contributed by atoms with Crippen LogP contribution in [0.4, 0.5) is 5.69 Å². The molecule has 0 aliphatic carbocycles. The normalized spacial score (nSPS) is 15.6. The summed E-state index contributed by atoms with van der Waals surface area (Å²) in [6, 6.07) is 13.4. The minimum Gasteiger partial charge on any atom is -0.494 e. The molecule has 0 fully saturated rings. The smallest absolute Gasteiger partial charge is 0.269 e. The van der Waals surface area contributed by atoms with Gasteiger partial charge in [-0.15, -0.1) is 0 Å². The molecule has 0 amide bonds. The summed E-state index contributed by atoms with van der Waals surface area (Å²) in [5, 5.41) is 11.0. The molecule has 0 saturated heterocycles. The van der Waals surface area contributed by atoms with Crippen molar-refractivity contribution < 1.29 is 9.66 Å². The summed E-state index contributed by atoms with van der Waals surface area (Å²) in [4.78, 5) is 13.0. The summed E-state index contributed by atoms with van der Waals surface area (Å²) in [6.45, 7) is 6.53. The number of benzene rings is 2. The summed E-state index contributed by atoms with van der Waals surface area (Å²) in [7, 11) is 0. The highest BCUT2D eigenvalue weighted by molar-refractivity contribution is 5.38. The first kappa shape index (κ1) is 16.5. The molecule has 0 spiro atoms. The third kappa shape index (κ3) is 3.41. The van der Waals surface area contributed by atoms with E-state index in [4.69, 9.17) is 4.74 Å². The van der Waals surface area contributed by atoms with E-state index >= 15 is 0 Å². The van der Waals surface area contributed by atoms with Gasteiger partial charge in [-0.2, -0.15) is 0 Å². The Morgan fingerprint density at radius 2 is 2.08 bits per heavy atom. The first-order chi connectivity index (χ1) is 11.6. The number of nitrogens with zero attached hydrogens (tertiary/aromatic N) is 2. The van der Waals surface area contributed by atoms with Crippen molar-refractivity contribution in [2.45, 2.75) is 32.9 Å². The fraction of sp³-hybridized carbons (Fsp3) is 0.368. The highest BCUT2D eigenvalue weighted by Gasteiger charge is 2.23. The van der Waals surface area contributed by atoms with Gasteiger partial charge in [0.2, 0.25) is 0 Å². The summed E-state index contributed by atoms with van der Waals surface area (Å²) in [6.07, 6.45) is 0.987. The predicted molar refractivity (Wildman–Crippen MR) is 93.2 cm³/mol. The van der Waals surface area contributed by atoms with Crippen LogP contribution in [-0.2, 0) is 13.0 Å². The van der Waals surface area contributed by atoms with Gasteiger partial charge in [-0.25, -0.2) is 0 Å². The number of nitro groups is 1. The lowest BCUT2D eigenvalue weighted by atomic mass is 9.96. The summed E-state index contributed by atoms with van der Waals surface area (Å²) < 4.78 is 5.60. The third-order valence-electron chi connectivity index (χ3n) is 4.64. The summed E-state index contributed by atoms with van der Waals surface area (Å²) >= 11 is 0. The van der Waals surface area contributed by atoms with E-state index in [9.17, 15) is 10.1 Å². The molecule has 126 valence electrons. The van der Waals surface area contributed by atoms with E-state index in [0.29, 0.717) is 6.61 Å². The van der Waals surface area contributed by atoms with Gasteiger partial charge in [0, 0.05) is 31.3 Å². The van der Waals surface area contributed by atoms with Gasteiger partial charge in [0.15, 0.2) is 0 Å². The first-order valence-electron chi connectivity index (χ1n) is 8.31. The van der Waals surface area contributed by atoms with E-state index in [0.717, 1.165) is 30.8 Å².